The fraction of sp³-hybridized carbons (Fsp3) is 0.214. The first-order valence-corrected chi connectivity index (χ1v) is 5.95. The van der Waals surface area contributed by atoms with Crippen molar-refractivity contribution in [3.63, 3.8) is 0 Å². The van der Waals surface area contributed by atoms with Gasteiger partial charge in [-0.25, -0.2) is 14.8 Å². The molecule has 6 nitrogen and oxygen atoms in total. The molecule has 20 heavy (non-hydrogen) atoms. The topological polar surface area (TPSA) is 75.6 Å². The minimum Gasteiger partial charge on any atom is -0.497 e. The number of carbonyl (C=O) groups is 1. The number of rotatable bonds is 4. The van der Waals surface area contributed by atoms with E-state index >= 15 is 0 Å². The zero-order valence-electron chi connectivity index (χ0n) is 11.5. The molecule has 0 amide bonds. The Kier molecular flexibility index (Phi) is 3.84. The van der Waals surface area contributed by atoms with Gasteiger partial charge >= 0.3 is 5.97 Å². The lowest BCUT2D eigenvalue weighted by atomic mass is 10.1. The summed E-state index contributed by atoms with van der Waals surface area (Å²) in [5.74, 6) is -0.0493. The highest BCUT2D eigenvalue weighted by Crippen LogP contribution is 2.24. The van der Waals surface area contributed by atoms with Crippen molar-refractivity contribution in [1.82, 2.24) is 9.97 Å². The molecule has 1 aromatic heterocycles. The number of ether oxygens (including phenoxy) is 1. The quantitative estimate of drug-likeness (QED) is 0.917. The van der Waals surface area contributed by atoms with Crippen LogP contribution in [0.1, 0.15) is 10.5 Å². The van der Waals surface area contributed by atoms with Gasteiger partial charge in [0.2, 0.25) is 5.95 Å². The van der Waals surface area contributed by atoms with Crippen LogP contribution in [0.3, 0.4) is 0 Å². The maximum absolute atomic E-state index is 11.1. The third kappa shape index (κ3) is 2.85. The Morgan fingerprint density at radius 3 is 2.60 bits per heavy atom. The number of aromatic carboxylic acids is 1. The third-order valence-electron chi connectivity index (χ3n) is 2.70. The maximum atomic E-state index is 11.1. The zero-order chi connectivity index (χ0) is 14.7. The zero-order valence-corrected chi connectivity index (χ0v) is 11.5. The first-order valence-electron chi connectivity index (χ1n) is 5.95. The summed E-state index contributed by atoms with van der Waals surface area (Å²) >= 11 is 0. The van der Waals surface area contributed by atoms with Crippen LogP contribution in [0.4, 0.5) is 5.95 Å². The largest absolute Gasteiger partial charge is 0.497 e. The lowest BCUT2D eigenvalue weighted by Crippen LogP contribution is -2.15. The van der Waals surface area contributed by atoms with E-state index in [-0.39, 0.29) is 5.69 Å². The molecule has 1 aromatic carbocycles. The number of carboxylic acids is 1. The number of benzene rings is 1. The smallest absolute Gasteiger partial charge is 0.354 e. The minimum atomic E-state index is -1.08. The van der Waals surface area contributed by atoms with Gasteiger partial charge in [0, 0.05) is 19.7 Å². The molecule has 0 radical (unpaired) electrons. The van der Waals surface area contributed by atoms with E-state index in [4.69, 9.17) is 9.84 Å². The molecular formula is C14H15N3O3. The Hall–Kier alpha value is -2.63. The number of hydrogen-bond acceptors (Lipinski definition) is 5. The van der Waals surface area contributed by atoms with Crippen LogP contribution in [0.2, 0.25) is 0 Å². The Morgan fingerprint density at radius 2 is 2.00 bits per heavy atom. The molecule has 0 saturated carbocycles. The summed E-state index contributed by atoms with van der Waals surface area (Å²) < 4.78 is 5.16. The van der Waals surface area contributed by atoms with Gasteiger partial charge in [-0.2, -0.15) is 0 Å². The van der Waals surface area contributed by atoms with Crippen molar-refractivity contribution >= 4 is 11.9 Å². The molecule has 2 rings (SSSR count). The number of hydrogen-bond donors (Lipinski definition) is 1. The first-order chi connectivity index (χ1) is 9.51. The molecule has 0 bridgehead atoms. The summed E-state index contributed by atoms with van der Waals surface area (Å²) in [4.78, 5) is 21.2. The van der Waals surface area contributed by atoms with Gasteiger partial charge in [-0.05, 0) is 18.2 Å². The van der Waals surface area contributed by atoms with Crippen LogP contribution in [0.5, 0.6) is 5.75 Å². The predicted octanol–water partition coefficient (Wildman–Crippen LogP) is 1.92. The molecule has 1 heterocycles. The fourth-order valence-corrected chi connectivity index (χ4v) is 1.67. The number of methoxy groups -OCH3 is 1. The lowest BCUT2D eigenvalue weighted by Gasteiger charge is -2.12. The van der Waals surface area contributed by atoms with Crippen molar-refractivity contribution in [3.8, 4) is 17.0 Å². The van der Waals surface area contributed by atoms with E-state index in [0.717, 1.165) is 5.56 Å². The van der Waals surface area contributed by atoms with Crippen LogP contribution in [0.15, 0.2) is 30.3 Å². The molecule has 0 aliphatic rings. The van der Waals surface area contributed by atoms with Crippen LogP contribution >= 0.6 is 0 Å². The molecule has 0 saturated heterocycles. The second-order valence-electron chi connectivity index (χ2n) is 4.37. The molecule has 0 spiro atoms. The monoisotopic (exact) mass is 273 g/mol. The van der Waals surface area contributed by atoms with Crippen molar-refractivity contribution in [1.29, 1.82) is 0 Å². The molecular weight excluding hydrogens is 258 g/mol. The normalized spacial score (nSPS) is 10.2. The SMILES string of the molecule is COc1cccc(-c2cc(C(=O)O)nc(N(C)C)n2)c1. The Labute approximate surface area is 116 Å². The van der Waals surface area contributed by atoms with Crippen LogP contribution in [-0.4, -0.2) is 42.2 Å². The van der Waals surface area contributed by atoms with E-state index < -0.39 is 5.97 Å². The van der Waals surface area contributed by atoms with E-state index in [0.29, 0.717) is 17.4 Å². The average Bonchev–Trinajstić information content (AvgIpc) is 2.46. The van der Waals surface area contributed by atoms with Gasteiger partial charge in [-0.15, -0.1) is 0 Å². The van der Waals surface area contributed by atoms with Crippen LogP contribution in [-0.2, 0) is 0 Å². The molecule has 1 N–H and O–H groups in total. The molecule has 104 valence electrons. The Balaban J connectivity index is 2.57. The molecule has 6 heteroatoms. The number of aromatic nitrogens is 2. The predicted molar refractivity (Wildman–Crippen MR) is 75.3 cm³/mol. The summed E-state index contributed by atoms with van der Waals surface area (Å²) in [5.41, 5.74) is 1.28. The Morgan fingerprint density at radius 1 is 1.25 bits per heavy atom. The number of nitrogens with zero attached hydrogens (tertiary/aromatic N) is 3. The highest BCUT2D eigenvalue weighted by Gasteiger charge is 2.13. The van der Waals surface area contributed by atoms with E-state index in [9.17, 15) is 4.79 Å². The van der Waals surface area contributed by atoms with E-state index in [1.54, 1.807) is 32.2 Å². The summed E-state index contributed by atoms with van der Waals surface area (Å²) in [7, 11) is 5.10. The maximum Gasteiger partial charge on any atom is 0.354 e. The number of carboxylic acid groups (broad SMARTS) is 1. The van der Waals surface area contributed by atoms with Crippen molar-refractivity contribution in [3.05, 3.63) is 36.0 Å². The molecule has 0 unspecified atom stereocenters. The molecule has 0 atom stereocenters. The third-order valence-corrected chi connectivity index (χ3v) is 2.70. The molecule has 2 aromatic rings. The fourth-order valence-electron chi connectivity index (χ4n) is 1.67. The molecule has 0 aliphatic carbocycles. The van der Waals surface area contributed by atoms with Crippen LogP contribution in [0.25, 0.3) is 11.3 Å². The van der Waals surface area contributed by atoms with Gasteiger partial charge in [0.1, 0.15) is 5.75 Å². The summed E-state index contributed by atoms with van der Waals surface area (Å²) in [6.07, 6.45) is 0. The van der Waals surface area contributed by atoms with Gasteiger partial charge in [0.05, 0.1) is 12.8 Å². The molecule has 0 fully saturated rings. The standard InChI is InChI=1S/C14H15N3O3/c1-17(2)14-15-11(8-12(16-14)13(18)19)9-5-4-6-10(7-9)20-3/h4-8H,1-3H3,(H,18,19). The highest BCUT2D eigenvalue weighted by atomic mass is 16.5. The van der Waals surface area contributed by atoms with Gasteiger partial charge in [0.25, 0.3) is 0 Å². The van der Waals surface area contributed by atoms with E-state index in [2.05, 4.69) is 9.97 Å². The van der Waals surface area contributed by atoms with E-state index in [1.807, 2.05) is 18.2 Å². The van der Waals surface area contributed by atoms with Gasteiger partial charge in [0.15, 0.2) is 5.69 Å². The second-order valence-corrected chi connectivity index (χ2v) is 4.37. The summed E-state index contributed by atoms with van der Waals surface area (Å²) in [6, 6.07) is 8.73. The van der Waals surface area contributed by atoms with Crippen LogP contribution in [0, 0.1) is 0 Å². The van der Waals surface area contributed by atoms with Crippen molar-refractivity contribution < 1.29 is 14.6 Å². The minimum absolute atomic E-state index is 0.0403. The first kappa shape index (κ1) is 13.8. The molecule has 0 aliphatic heterocycles. The van der Waals surface area contributed by atoms with Gasteiger partial charge < -0.3 is 14.7 Å². The van der Waals surface area contributed by atoms with Crippen molar-refractivity contribution in [2.75, 3.05) is 26.1 Å². The Bertz CT molecular complexity index is 641. The van der Waals surface area contributed by atoms with Crippen LogP contribution < -0.4 is 9.64 Å². The van der Waals surface area contributed by atoms with Crippen molar-refractivity contribution in [2.45, 2.75) is 0 Å². The summed E-state index contributed by atoms with van der Waals surface area (Å²) in [6.45, 7) is 0. The van der Waals surface area contributed by atoms with Gasteiger partial charge in [-0.1, -0.05) is 12.1 Å². The lowest BCUT2D eigenvalue weighted by molar-refractivity contribution is 0.0690. The summed E-state index contributed by atoms with van der Waals surface area (Å²) in [5, 5.41) is 9.13. The average molecular weight is 273 g/mol. The second kappa shape index (κ2) is 5.56. The van der Waals surface area contributed by atoms with E-state index in [1.165, 1.54) is 6.07 Å². The number of anilines is 1. The van der Waals surface area contributed by atoms with Gasteiger partial charge in [-0.3, -0.25) is 0 Å². The van der Waals surface area contributed by atoms with Crippen molar-refractivity contribution in [2.24, 2.45) is 0 Å². The highest BCUT2D eigenvalue weighted by molar-refractivity contribution is 5.87.